The summed E-state index contributed by atoms with van der Waals surface area (Å²) in [4.78, 5) is 26.4. The van der Waals surface area contributed by atoms with E-state index in [1.807, 2.05) is 13.8 Å². The molecule has 0 aliphatic carbocycles. The average Bonchev–Trinajstić information content (AvgIpc) is 2.67. The lowest BCUT2D eigenvalue weighted by molar-refractivity contribution is -0.138. The smallest absolute Gasteiger partial charge is 0.303 e. The van der Waals surface area contributed by atoms with E-state index in [9.17, 15) is 9.59 Å². The average molecular weight is 262 g/mol. The Hall–Kier alpha value is -2.44. The number of anilines is 1. The molecule has 0 fully saturated rings. The summed E-state index contributed by atoms with van der Waals surface area (Å²) < 4.78 is 1.53. The summed E-state index contributed by atoms with van der Waals surface area (Å²) in [5.41, 5.74) is 2.19. The molecule has 0 aliphatic heterocycles. The number of aliphatic carboxylic acids is 1. The van der Waals surface area contributed by atoms with E-state index in [0.717, 1.165) is 11.4 Å². The van der Waals surface area contributed by atoms with Crippen molar-refractivity contribution in [2.75, 3.05) is 5.32 Å². The number of rotatable bonds is 4. The van der Waals surface area contributed by atoms with Gasteiger partial charge in [-0.15, -0.1) is 0 Å². The molecular formula is C12H14N4O3. The normalized spacial score (nSPS) is 10.6. The number of aryl methyl sites for hydroxylation is 2. The Balaban J connectivity index is 2.24. The summed E-state index contributed by atoms with van der Waals surface area (Å²) in [7, 11) is 0. The molecule has 2 N–H and O–H groups in total. The largest absolute Gasteiger partial charge is 0.481 e. The van der Waals surface area contributed by atoms with E-state index < -0.39 is 5.97 Å². The van der Waals surface area contributed by atoms with Gasteiger partial charge in [0, 0.05) is 24.2 Å². The first-order chi connectivity index (χ1) is 8.95. The van der Waals surface area contributed by atoms with Crippen LogP contribution in [0.5, 0.6) is 0 Å². The van der Waals surface area contributed by atoms with Crippen molar-refractivity contribution in [2.24, 2.45) is 0 Å². The Morgan fingerprint density at radius 2 is 2.00 bits per heavy atom. The van der Waals surface area contributed by atoms with Crippen molar-refractivity contribution in [3.63, 3.8) is 0 Å². The van der Waals surface area contributed by atoms with Crippen LogP contribution in [-0.4, -0.2) is 31.6 Å². The van der Waals surface area contributed by atoms with Crippen molar-refractivity contribution in [3.05, 3.63) is 23.5 Å². The molecule has 0 saturated heterocycles. The van der Waals surface area contributed by atoms with Crippen LogP contribution in [0.4, 0.5) is 5.82 Å². The maximum Gasteiger partial charge on any atom is 0.303 e. The van der Waals surface area contributed by atoms with Gasteiger partial charge in [-0.25, -0.2) is 4.98 Å². The molecule has 0 saturated carbocycles. The zero-order valence-corrected chi connectivity index (χ0v) is 10.7. The Morgan fingerprint density at radius 3 is 2.68 bits per heavy atom. The zero-order chi connectivity index (χ0) is 14.0. The number of amides is 1. The molecule has 0 aromatic carbocycles. The monoisotopic (exact) mass is 262 g/mol. The Kier molecular flexibility index (Phi) is 3.46. The molecule has 7 heteroatoms. The quantitative estimate of drug-likeness (QED) is 0.861. The SMILES string of the molecule is Cc1cc(NC(=O)CCC(=O)O)n2nc(C)cc2n1. The summed E-state index contributed by atoms with van der Waals surface area (Å²) in [5, 5.41) is 15.4. The maximum absolute atomic E-state index is 11.6. The molecule has 0 atom stereocenters. The Bertz CT molecular complexity index is 648. The molecule has 2 aromatic rings. The molecule has 2 aromatic heterocycles. The molecule has 0 bridgehead atoms. The fourth-order valence-corrected chi connectivity index (χ4v) is 1.73. The van der Waals surface area contributed by atoms with Crippen LogP contribution in [0.25, 0.3) is 5.65 Å². The van der Waals surface area contributed by atoms with Gasteiger partial charge in [-0.05, 0) is 13.8 Å². The van der Waals surface area contributed by atoms with E-state index >= 15 is 0 Å². The molecular weight excluding hydrogens is 248 g/mol. The number of nitrogens with one attached hydrogen (secondary N) is 1. The van der Waals surface area contributed by atoms with Crippen LogP contribution in [0.15, 0.2) is 12.1 Å². The third-order valence-corrected chi connectivity index (χ3v) is 2.51. The molecule has 0 spiro atoms. The minimum Gasteiger partial charge on any atom is -0.481 e. The second-order valence-corrected chi connectivity index (χ2v) is 4.28. The molecule has 0 aliphatic rings. The molecule has 1 amide bonds. The van der Waals surface area contributed by atoms with Crippen molar-refractivity contribution < 1.29 is 14.7 Å². The number of hydrogen-bond donors (Lipinski definition) is 2. The molecule has 2 heterocycles. The predicted molar refractivity (Wildman–Crippen MR) is 68.0 cm³/mol. The Labute approximate surface area is 109 Å². The molecule has 0 radical (unpaired) electrons. The lowest BCUT2D eigenvalue weighted by Gasteiger charge is -2.07. The van der Waals surface area contributed by atoms with Gasteiger partial charge in [-0.3, -0.25) is 9.59 Å². The predicted octanol–water partition coefficient (Wildman–Crippen LogP) is 1.15. The van der Waals surface area contributed by atoms with Gasteiger partial charge >= 0.3 is 5.97 Å². The number of carboxylic acids is 1. The number of aromatic nitrogens is 3. The van der Waals surface area contributed by atoms with Gasteiger partial charge in [-0.2, -0.15) is 9.61 Å². The molecule has 100 valence electrons. The summed E-state index contributed by atoms with van der Waals surface area (Å²) in [6, 6.07) is 3.50. The highest BCUT2D eigenvalue weighted by atomic mass is 16.4. The first-order valence-electron chi connectivity index (χ1n) is 5.81. The second-order valence-electron chi connectivity index (χ2n) is 4.28. The van der Waals surface area contributed by atoms with Crippen LogP contribution in [0.1, 0.15) is 24.2 Å². The van der Waals surface area contributed by atoms with Crippen LogP contribution < -0.4 is 5.32 Å². The van der Waals surface area contributed by atoms with Gasteiger partial charge in [-0.1, -0.05) is 0 Å². The van der Waals surface area contributed by atoms with Crippen molar-refractivity contribution >= 4 is 23.3 Å². The lowest BCUT2D eigenvalue weighted by Crippen LogP contribution is -2.16. The maximum atomic E-state index is 11.6. The van der Waals surface area contributed by atoms with Crippen LogP contribution in [0, 0.1) is 13.8 Å². The van der Waals surface area contributed by atoms with Gasteiger partial charge in [0.05, 0.1) is 12.1 Å². The van der Waals surface area contributed by atoms with Crippen molar-refractivity contribution in [3.8, 4) is 0 Å². The van der Waals surface area contributed by atoms with Crippen molar-refractivity contribution in [2.45, 2.75) is 26.7 Å². The number of carbonyl (C=O) groups excluding carboxylic acids is 1. The van der Waals surface area contributed by atoms with Gasteiger partial charge < -0.3 is 10.4 Å². The summed E-state index contributed by atoms with van der Waals surface area (Å²) in [6.07, 6.45) is -0.268. The molecule has 19 heavy (non-hydrogen) atoms. The van der Waals surface area contributed by atoms with Crippen LogP contribution in [0.2, 0.25) is 0 Å². The standard InChI is InChI=1S/C12H14N4O3/c1-7-5-10(14-11(17)3-4-12(18)19)16-9(13-7)6-8(2)15-16/h5-6H,3-4H2,1-2H3,(H,14,17)(H,18,19). The number of carboxylic acid groups (broad SMARTS) is 1. The third kappa shape index (κ3) is 3.06. The van der Waals surface area contributed by atoms with Gasteiger partial charge in [0.1, 0.15) is 5.82 Å². The van der Waals surface area contributed by atoms with E-state index in [0.29, 0.717) is 11.5 Å². The summed E-state index contributed by atoms with van der Waals surface area (Å²) >= 11 is 0. The third-order valence-electron chi connectivity index (χ3n) is 2.51. The summed E-state index contributed by atoms with van der Waals surface area (Å²) in [5.74, 6) is -0.866. The minimum atomic E-state index is -0.999. The van der Waals surface area contributed by atoms with E-state index in [1.165, 1.54) is 4.52 Å². The van der Waals surface area contributed by atoms with Gasteiger partial charge in [0.2, 0.25) is 5.91 Å². The van der Waals surface area contributed by atoms with E-state index in [1.54, 1.807) is 12.1 Å². The second kappa shape index (κ2) is 5.05. The van der Waals surface area contributed by atoms with Gasteiger partial charge in [0.25, 0.3) is 0 Å². The fraction of sp³-hybridized carbons (Fsp3) is 0.333. The fourth-order valence-electron chi connectivity index (χ4n) is 1.73. The van der Waals surface area contributed by atoms with E-state index in [-0.39, 0.29) is 18.7 Å². The summed E-state index contributed by atoms with van der Waals surface area (Å²) in [6.45, 7) is 3.65. The Morgan fingerprint density at radius 1 is 1.26 bits per heavy atom. The number of fused-ring (bicyclic) bond motifs is 1. The molecule has 2 rings (SSSR count). The first kappa shape index (κ1) is 13.0. The first-order valence-corrected chi connectivity index (χ1v) is 5.81. The number of carbonyl (C=O) groups is 2. The highest BCUT2D eigenvalue weighted by Crippen LogP contribution is 2.14. The van der Waals surface area contributed by atoms with Crippen molar-refractivity contribution in [1.29, 1.82) is 0 Å². The van der Waals surface area contributed by atoms with Crippen LogP contribution in [-0.2, 0) is 9.59 Å². The van der Waals surface area contributed by atoms with E-state index in [2.05, 4.69) is 15.4 Å². The zero-order valence-electron chi connectivity index (χ0n) is 10.7. The highest BCUT2D eigenvalue weighted by molar-refractivity contribution is 5.91. The molecule has 0 unspecified atom stereocenters. The lowest BCUT2D eigenvalue weighted by atomic mass is 10.3. The number of hydrogen-bond acceptors (Lipinski definition) is 4. The van der Waals surface area contributed by atoms with Crippen molar-refractivity contribution in [1.82, 2.24) is 14.6 Å². The van der Waals surface area contributed by atoms with E-state index in [4.69, 9.17) is 5.11 Å². The van der Waals surface area contributed by atoms with Gasteiger partial charge in [0.15, 0.2) is 5.65 Å². The van der Waals surface area contributed by atoms with Crippen LogP contribution in [0.3, 0.4) is 0 Å². The topological polar surface area (TPSA) is 96.6 Å². The molecule has 7 nitrogen and oxygen atoms in total. The van der Waals surface area contributed by atoms with Crippen LogP contribution >= 0.6 is 0 Å². The highest BCUT2D eigenvalue weighted by Gasteiger charge is 2.10. The number of nitrogens with zero attached hydrogens (tertiary/aromatic N) is 3. The minimum absolute atomic E-state index is 0.0710.